The molecule has 5 nitrogen and oxygen atoms in total. The molecule has 0 spiro atoms. The molecule has 0 unspecified atom stereocenters. The topological polar surface area (TPSA) is 67.4 Å². The van der Waals surface area contributed by atoms with E-state index in [0.29, 0.717) is 0 Å². The van der Waals surface area contributed by atoms with Crippen LogP contribution in [-0.2, 0) is 25.8 Å². The van der Waals surface area contributed by atoms with Crippen LogP contribution < -0.4 is 10.6 Å². The van der Waals surface area contributed by atoms with Gasteiger partial charge in [-0.25, -0.2) is 0 Å². The number of hydrogen-bond acceptors (Lipinski definition) is 4. The zero-order valence-electron chi connectivity index (χ0n) is 15.2. The molecular formula is C20H26N2O3S. The van der Waals surface area contributed by atoms with Gasteiger partial charge in [0.15, 0.2) is 0 Å². The number of hydrogen-bond donors (Lipinski definition) is 2. The predicted octanol–water partition coefficient (Wildman–Crippen LogP) is 3.31. The average Bonchev–Trinajstić information content (AvgIpc) is 2.63. The van der Waals surface area contributed by atoms with E-state index in [1.807, 2.05) is 11.8 Å². The van der Waals surface area contributed by atoms with E-state index < -0.39 is 0 Å². The number of carbonyl (C=O) groups excluding carboxylic acids is 2. The molecule has 0 heterocycles. The highest BCUT2D eigenvalue weighted by Crippen LogP contribution is 2.17. The van der Waals surface area contributed by atoms with Gasteiger partial charge in [0.2, 0.25) is 11.8 Å². The summed E-state index contributed by atoms with van der Waals surface area (Å²) in [5.74, 6) is 1.87. The Morgan fingerprint density at radius 2 is 1.15 bits per heavy atom. The van der Waals surface area contributed by atoms with Crippen LogP contribution in [0.5, 0.6) is 0 Å². The Morgan fingerprint density at radius 3 is 1.50 bits per heavy atom. The summed E-state index contributed by atoms with van der Waals surface area (Å²) in [6, 6.07) is 21.2. The second-order valence-corrected chi connectivity index (χ2v) is 6.41. The molecule has 0 aliphatic carbocycles. The van der Waals surface area contributed by atoms with E-state index in [1.165, 1.54) is 25.0 Å². The second-order valence-electron chi connectivity index (χ2n) is 5.42. The van der Waals surface area contributed by atoms with Crippen LogP contribution in [0.25, 0.3) is 0 Å². The van der Waals surface area contributed by atoms with Crippen molar-refractivity contribution in [1.29, 1.82) is 0 Å². The van der Waals surface area contributed by atoms with Gasteiger partial charge >= 0.3 is 0 Å². The van der Waals surface area contributed by atoms with Crippen LogP contribution in [0.2, 0.25) is 0 Å². The largest absolute Gasteiger partial charge is 0.341 e. The Morgan fingerprint density at radius 1 is 0.769 bits per heavy atom. The molecule has 0 bridgehead atoms. The fourth-order valence-electron chi connectivity index (χ4n) is 1.79. The normalized spacial score (nSPS) is 9.62. The Balaban J connectivity index is 0.000000276. The molecule has 140 valence electrons. The van der Waals surface area contributed by atoms with Crippen molar-refractivity contribution in [2.24, 2.45) is 0 Å². The van der Waals surface area contributed by atoms with E-state index in [-0.39, 0.29) is 25.3 Å². The maximum absolute atomic E-state index is 10.3. The van der Waals surface area contributed by atoms with E-state index in [1.54, 1.807) is 0 Å². The average molecular weight is 375 g/mol. The molecule has 2 amide bonds. The van der Waals surface area contributed by atoms with Crippen molar-refractivity contribution in [3.05, 3.63) is 71.8 Å². The fourth-order valence-corrected chi connectivity index (χ4v) is 2.75. The van der Waals surface area contributed by atoms with E-state index in [0.717, 1.165) is 11.5 Å². The molecule has 26 heavy (non-hydrogen) atoms. The number of benzene rings is 2. The molecule has 0 fully saturated rings. The van der Waals surface area contributed by atoms with Gasteiger partial charge in [-0.1, -0.05) is 60.7 Å². The van der Waals surface area contributed by atoms with Crippen molar-refractivity contribution in [3.63, 3.8) is 0 Å². The van der Waals surface area contributed by atoms with Crippen LogP contribution in [-0.4, -0.2) is 25.3 Å². The van der Waals surface area contributed by atoms with Crippen LogP contribution in [0, 0.1) is 0 Å². The van der Waals surface area contributed by atoms with Gasteiger partial charge in [-0.15, -0.1) is 0 Å². The standard InChI is InChI=1S/C14H14S.C6H12N2O3/c1-3-7-13(8-4-1)11-15-12-14-9-5-2-6-10-14;1-5(9)7-3-11-4-8-6(2)10/h1-10H,11-12H2;3-4H2,1-2H3,(H,7,9)(H,8,10). The number of amides is 2. The minimum absolute atomic E-state index is 0.121. The highest BCUT2D eigenvalue weighted by molar-refractivity contribution is 7.97. The van der Waals surface area contributed by atoms with E-state index >= 15 is 0 Å². The lowest BCUT2D eigenvalue weighted by molar-refractivity contribution is -0.122. The maximum atomic E-state index is 10.3. The Kier molecular flexibility index (Phi) is 11.6. The highest BCUT2D eigenvalue weighted by Gasteiger charge is 1.94. The maximum Gasteiger partial charge on any atom is 0.218 e. The lowest BCUT2D eigenvalue weighted by Gasteiger charge is -2.03. The van der Waals surface area contributed by atoms with Crippen molar-refractivity contribution in [1.82, 2.24) is 10.6 Å². The zero-order chi connectivity index (χ0) is 19.0. The Bertz CT molecular complexity index is 581. The Hall–Kier alpha value is -2.31. The molecule has 2 aromatic carbocycles. The molecular weight excluding hydrogens is 348 g/mol. The van der Waals surface area contributed by atoms with Crippen molar-refractivity contribution < 1.29 is 14.3 Å². The molecule has 6 heteroatoms. The highest BCUT2D eigenvalue weighted by atomic mass is 32.2. The third kappa shape index (κ3) is 12.1. The summed E-state index contributed by atoms with van der Waals surface area (Å²) in [7, 11) is 0. The molecule has 0 saturated carbocycles. The van der Waals surface area contributed by atoms with Crippen LogP contribution >= 0.6 is 11.8 Å². The third-order valence-corrected chi connectivity index (χ3v) is 4.14. The third-order valence-electron chi connectivity index (χ3n) is 3.07. The van der Waals surface area contributed by atoms with Gasteiger partial charge in [0.25, 0.3) is 0 Å². The van der Waals surface area contributed by atoms with Gasteiger partial charge < -0.3 is 15.4 Å². The molecule has 0 saturated heterocycles. The number of ether oxygens (including phenoxy) is 1. The van der Waals surface area contributed by atoms with E-state index in [9.17, 15) is 9.59 Å². The first kappa shape index (κ1) is 21.7. The van der Waals surface area contributed by atoms with Crippen LogP contribution in [0.4, 0.5) is 0 Å². The minimum Gasteiger partial charge on any atom is -0.341 e. The van der Waals surface area contributed by atoms with Crippen molar-refractivity contribution in [3.8, 4) is 0 Å². The summed E-state index contributed by atoms with van der Waals surface area (Å²) >= 11 is 1.96. The number of carbonyl (C=O) groups is 2. The molecule has 0 radical (unpaired) electrons. The quantitative estimate of drug-likeness (QED) is 0.549. The summed E-state index contributed by atoms with van der Waals surface area (Å²) in [6.07, 6.45) is 0. The number of thioether (sulfide) groups is 1. The predicted molar refractivity (Wildman–Crippen MR) is 106 cm³/mol. The first-order valence-electron chi connectivity index (χ1n) is 8.30. The van der Waals surface area contributed by atoms with Crippen molar-refractivity contribution in [2.75, 3.05) is 13.5 Å². The van der Waals surface area contributed by atoms with Gasteiger partial charge in [-0.3, -0.25) is 9.59 Å². The van der Waals surface area contributed by atoms with Gasteiger partial charge in [0.05, 0.1) is 0 Å². The lowest BCUT2D eigenvalue weighted by Crippen LogP contribution is -2.29. The lowest BCUT2D eigenvalue weighted by atomic mass is 10.2. The first-order chi connectivity index (χ1) is 12.6. The summed E-state index contributed by atoms with van der Waals surface area (Å²) < 4.78 is 4.79. The molecule has 0 atom stereocenters. The number of nitrogens with one attached hydrogen (secondary N) is 2. The first-order valence-corrected chi connectivity index (χ1v) is 9.45. The smallest absolute Gasteiger partial charge is 0.218 e. The van der Waals surface area contributed by atoms with Gasteiger partial charge in [-0.2, -0.15) is 11.8 Å². The van der Waals surface area contributed by atoms with E-state index in [4.69, 9.17) is 4.74 Å². The molecule has 2 rings (SSSR count). The van der Waals surface area contributed by atoms with Crippen LogP contribution in [0.15, 0.2) is 60.7 Å². The SMILES string of the molecule is CC(=O)NCOCNC(C)=O.c1ccc(CSCc2ccccc2)cc1. The van der Waals surface area contributed by atoms with Crippen LogP contribution in [0.1, 0.15) is 25.0 Å². The molecule has 0 aromatic heterocycles. The molecule has 2 aromatic rings. The van der Waals surface area contributed by atoms with Gasteiger partial charge in [0.1, 0.15) is 13.5 Å². The molecule has 2 N–H and O–H groups in total. The van der Waals surface area contributed by atoms with Crippen LogP contribution in [0.3, 0.4) is 0 Å². The minimum atomic E-state index is -0.159. The monoisotopic (exact) mass is 374 g/mol. The van der Waals surface area contributed by atoms with Crippen molar-refractivity contribution >= 4 is 23.6 Å². The number of rotatable bonds is 8. The summed E-state index contributed by atoms with van der Waals surface area (Å²) in [4.78, 5) is 20.5. The second kappa shape index (κ2) is 13.9. The summed E-state index contributed by atoms with van der Waals surface area (Å²) in [6.45, 7) is 3.02. The summed E-state index contributed by atoms with van der Waals surface area (Å²) in [5, 5.41) is 4.81. The summed E-state index contributed by atoms with van der Waals surface area (Å²) in [5.41, 5.74) is 2.80. The molecule has 0 aliphatic rings. The Labute approximate surface area is 159 Å². The van der Waals surface area contributed by atoms with E-state index in [2.05, 4.69) is 71.3 Å². The van der Waals surface area contributed by atoms with Gasteiger partial charge in [0, 0.05) is 25.4 Å². The zero-order valence-corrected chi connectivity index (χ0v) is 16.1. The fraction of sp³-hybridized carbons (Fsp3) is 0.300. The van der Waals surface area contributed by atoms with Crippen molar-refractivity contribution in [2.45, 2.75) is 25.4 Å². The molecule has 0 aliphatic heterocycles. The van der Waals surface area contributed by atoms with Gasteiger partial charge in [-0.05, 0) is 11.1 Å².